The second-order valence-electron chi connectivity index (χ2n) is 6.24. The molecule has 0 saturated carbocycles. The number of aryl methyl sites for hydroxylation is 1. The first kappa shape index (κ1) is 15.9. The highest BCUT2D eigenvalue weighted by Gasteiger charge is 2.31. The average molecular weight is 320 g/mol. The van der Waals surface area contributed by atoms with Crippen LogP contribution in [0.25, 0.3) is 0 Å². The molecule has 0 spiro atoms. The Morgan fingerprint density at radius 1 is 1.39 bits per heavy atom. The molecule has 1 N–H and O–H groups in total. The largest absolute Gasteiger partial charge is 0.469 e. The first-order valence-corrected chi connectivity index (χ1v) is 8.47. The lowest BCUT2D eigenvalue weighted by Gasteiger charge is -2.32. The Hall–Kier alpha value is -1.98. The molecule has 0 aromatic carbocycles. The van der Waals surface area contributed by atoms with Gasteiger partial charge in [0, 0.05) is 25.1 Å². The molecular weight excluding hydrogens is 296 g/mol. The van der Waals surface area contributed by atoms with Crippen molar-refractivity contribution in [2.75, 3.05) is 19.7 Å². The minimum atomic E-state index is -0.320. The van der Waals surface area contributed by atoms with Crippen molar-refractivity contribution in [2.24, 2.45) is 5.92 Å². The van der Waals surface area contributed by atoms with Crippen molar-refractivity contribution in [3.8, 4) is 0 Å². The molecule has 2 unspecified atom stereocenters. The summed E-state index contributed by atoms with van der Waals surface area (Å²) in [5.74, 6) is 0.849. The predicted molar refractivity (Wildman–Crippen MR) is 83.8 cm³/mol. The van der Waals surface area contributed by atoms with Gasteiger partial charge in [-0.25, -0.2) is 4.79 Å². The third-order valence-corrected chi connectivity index (χ3v) is 4.69. The van der Waals surface area contributed by atoms with Gasteiger partial charge in [-0.2, -0.15) is 0 Å². The van der Waals surface area contributed by atoms with Crippen molar-refractivity contribution in [3.63, 3.8) is 0 Å². The Bertz CT molecular complexity index is 569. The van der Waals surface area contributed by atoms with E-state index in [0.29, 0.717) is 19.7 Å². The van der Waals surface area contributed by atoms with Crippen LogP contribution in [-0.4, -0.2) is 36.6 Å². The van der Waals surface area contributed by atoms with Gasteiger partial charge in [0.2, 0.25) is 5.91 Å². The van der Waals surface area contributed by atoms with Crippen LogP contribution >= 0.6 is 0 Å². The standard InChI is InChI=1S/C17H24N2O4/c1-2-22-17(21)19-9-4-5-12(11-19)16(20)18-14-6-3-7-15-13(14)8-10-23-15/h8,10,12,14H,2-7,9,11H2,1H3,(H,18,20). The molecule has 0 bridgehead atoms. The number of ether oxygens (including phenoxy) is 1. The second kappa shape index (κ2) is 7.06. The Labute approximate surface area is 136 Å². The maximum atomic E-state index is 12.6. The van der Waals surface area contributed by atoms with E-state index in [9.17, 15) is 9.59 Å². The van der Waals surface area contributed by atoms with Crippen LogP contribution in [0.3, 0.4) is 0 Å². The molecule has 1 fully saturated rings. The molecule has 6 nitrogen and oxygen atoms in total. The topological polar surface area (TPSA) is 71.8 Å². The third kappa shape index (κ3) is 3.51. The number of piperidine rings is 1. The fraction of sp³-hybridized carbons (Fsp3) is 0.647. The van der Waals surface area contributed by atoms with Gasteiger partial charge < -0.3 is 19.4 Å². The Morgan fingerprint density at radius 3 is 3.09 bits per heavy atom. The van der Waals surface area contributed by atoms with Crippen molar-refractivity contribution in [2.45, 2.75) is 45.1 Å². The number of rotatable bonds is 3. The van der Waals surface area contributed by atoms with Gasteiger partial charge >= 0.3 is 6.09 Å². The number of amides is 2. The molecule has 126 valence electrons. The maximum Gasteiger partial charge on any atom is 0.409 e. The van der Waals surface area contributed by atoms with Crippen molar-refractivity contribution in [1.82, 2.24) is 10.2 Å². The SMILES string of the molecule is CCOC(=O)N1CCCC(C(=O)NC2CCCc3occc32)C1. The van der Waals surface area contributed by atoms with Gasteiger partial charge in [-0.05, 0) is 38.7 Å². The lowest BCUT2D eigenvalue weighted by molar-refractivity contribution is -0.127. The van der Waals surface area contributed by atoms with Crippen LogP contribution in [0, 0.1) is 5.92 Å². The quantitative estimate of drug-likeness (QED) is 0.929. The highest BCUT2D eigenvalue weighted by molar-refractivity contribution is 5.80. The molecule has 1 aromatic rings. The number of hydrogen-bond donors (Lipinski definition) is 1. The highest BCUT2D eigenvalue weighted by Crippen LogP contribution is 2.31. The summed E-state index contributed by atoms with van der Waals surface area (Å²) in [5, 5.41) is 3.14. The first-order valence-electron chi connectivity index (χ1n) is 8.47. The van der Waals surface area contributed by atoms with E-state index in [1.165, 1.54) is 0 Å². The van der Waals surface area contributed by atoms with Gasteiger partial charge in [0.1, 0.15) is 5.76 Å². The molecule has 0 radical (unpaired) electrons. The maximum absolute atomic E-state index is 12.6. The van der Waals surface area contributed by atoms with Crippen LogP contribution in [0.4, 0.5) is 4.79 Å². The minimum absolute atomic E-state index is 0.0260. The van der Waals surface area contributed by atoms with Crippen molar-refractivity contribution in [3.05, 3.63) is 23.7 Å². The van der Waals surface area contributed by atoms with Crippen LogP contribution in [0.1, 0.15) is 50.0 Å². The van der Waals surface area contributed by atoms with Gasteiger partial charge in [-0.1, -0.05) is 0 Å². The molecule has 2 atom stereocenters. The summed E-state index contributed by atoms with van der Waals surface area (Å²) >= 11 is 0. The van der Waals surface area contributed by atoms with Crippen LogP contribution < -0.4 is 5.32 Å². The molecule has 1 aliphatic heterocycles. The predicted octanol–water partition coefficient (Wildman–Crippen LogP) is 2.64. The zero-order chi connectivity index (χ0) is 16.2. The molecule has 3 rings (SSSR count). The molecule has 2 amide bonds. The summed E-state index contributed by atoms with van der Waals surface area (Å²) in [6.07, 6.45) is 5.91. The lowest BCUT2D eigenvalue weighted by atomic mass is 9.91. The number of nitrogens with one attached hydrogen (secondary N) is 1. The number of likely N-dealkylation sites (tertiary alicyclic amines) is 1. The van der Waals surface area contributed by atoms with Crippen LogP contribution in [-0.2, 0) is 16.0 Å². The molecule has 1 saturated heterocycles. The number of carbonyl (C=O) groups excluding carboxylic acids is 2. The van der Waals surface area contributed by atoms with Gasteiger partial charge in [0.15, 0.2) is 0 Å². The monoisotopic (exact) mass is 320 g/mol. The van der Waals surface area contributed by atoms with Crippen LogP contribution in [0.2, 0.25) is 0 Å². The molecule has 1 aliphatic carbocycles. The number of hydrogen-bond acceptors (Lipinski definition) is 4. The number of furan rings is 1. The third-order valence-electron chi connectivity index (χ3n) is 4.69. The van der Waals surface area contributed by atoms with E-state index in [0.717, 1.165) is 43.4 Å². The Kier molecular flexibility index (Phi) is 4.88. The van der Waals surface area contributed by atoms with E-state index in [4.69, 9.17) is 9.15 Å². The van der Waals surface area contributed by atoms with Crippen molar-refractivity contribution in [1.29, 1.82) is 0 Å². The van der Waals surface area contributed by atoms with Gasteiger partial charge in [-0.3, -0.25) is 4.79 Å². The minimum Gasteiger partial charge on any atom is -0.469 e. The van der Waals surface area contributed by atoms with E-state index < -0.39 is 0 Å². The van der Waals surface area contributed by atoms with E-state index in [1.54, 1.807) is 18.1 Å². The van der Waals surface area contributed by atoms with E-state index in [-0.39, 0.29) is 24.0 Å². The average Bonchev–Trinajstić information content (AvgIpc) is 3.05. The normalized spacial score (nSPS) is 24.0. The zero-order valence-corrected chi connectivity index (χ0v) is 13.5. The van der Waals surface area contributed by atoms with Crippen molar-refractivity contribution >= 4 is 12.0 Å². The highest BCUT2D eigenvalue weighted by atomic mass is 16.6. The van der Waals surface area contributed by atoms with E-state index in [2.05, 4.69) is 5.32 Å². The molecular formula is C17H24N2O4. The van der Waals surface area contributed by atoms with Gasteiger partial charge in [-0.15, -0.1) is 0 Å². The molecule has 6 heteroatoms. The zero-order valence-electron chi connectivity index (χ0n) is 13.5. The molecule has 2 aliphatic rings. The lowest BCUT2D eigenvalue weighted by Crippen LogP contribution is -2.46. The summed E-state index contributed by atoms with van der Waals surface area (Å²) in [6.45, 7) is 3.25. The fourth-order valence-electron chi connectivity index (χ4n) is 3.50. The summed E-state index contributed by atoms with van der Waals surface area (Å²) in [6, 6.07) is 1.98. The number of nitrogens with zero attached hydrogens (tertiary/aromatic N) is 1. The van der Waals surface area contributed by atoms with E-state index in [1.807, 2.05) is 6.07 Å². The summed E-state index contributed by atoms with van der Waals surface area (Å²) in [5.41, 5.74) is 1.10. The van der Waals surface area contributed by atoms with Gasteiger partial charge in [0.05, 0.1) is 24.8 Å². The Balaban J connectivity index is 1.59. The van der Waals surface area contributed by atoms with Crippen LogP contribution in [0.5, 0.6) is 0 Å². The fourth-order valence-corrected chi connectivity index (χ4v) is 3.50. The van der Waals surface area contributed by atoms with Crippen molar-refractivity contribution < 1.29 is 18.7 Å². The van der Waals surface area contributed by atoms with Gasteiger partial charge in [0.25, 0.3) is 0 Å². The number of fused-ring (bicyclic) bond motifs is 1. The summed E-state index contributed by atoms with van der Waals surface area (Å²) < 4.78 is 10.5. The van der Waals surface area contributed by atoms with E-state index >= 15 is 0 Å². The second-order valence-corrected chi connectivity index (χ2v) is 6.24. The smallest absolute Gasteiger partial charge is 0.409 e. The first-order chi connectivity index (χ1) is 11.2. The van der Waals surface area contributed by atoms with Crippen LogP contribution in [0.15, 0.2) is 16.7 Å². The number of carbonyl (C=O) groups is 2. The molecule has 1 aromatic heterocycles. The summed E-state index contributed by atoms with van der Waals surface area (Å²) in [7, 11) is 0. The molecule has 23 heavy (non-hydrogen) atoms. The molecule has 2 heterocycles. The summed E-state index contributed by atoms with van der Waals surface area (Å²) in [4.78, 5) is 26.1. The Morgan fingerprint density at radius 2 is 2.26 bits per heavy atom.